The van der Waals surface area contributed by atoms with E-state index in [1.165, 1.54) is 7.11 Å². The molecule has 0 saturated heterocycles. The Morgan fingerprint density at radius 1 is 1.24 bits per heavy atom. The monoisotopic (exact) mass is 537 g/mol. The van der Waals surface area contributed by atoms with Gasteiger partial charge in [0.1, 0.15) is 11.6 Å². The van der Waals surface area contributed by atoms with Gasteiger partial charge in [0.15, 0.2) is 5.65 Å². The predicted molar refractivity (Wildman–Crippen MR) is 148 cm³/mol. The number of H-pyrrole nitrogens is 1. The summed E-state index contributed by atoms with van der Waals surface area (Å²) in [7, 11) is 1.45. The van der Waals surface area contributed by atoms with Crippen molar-refractivity contribution in [3.63, 3.8) is 0 Å². The van der Waals surface area contributed by atoms with Gasteiger partial charge in [0.2, 0.25) is 0 Å². The van der Waals surface area contributed by atoms with E-state index in [0.717, 1.165) is 72.5 Å². The van der Waals surface area contributed by atoms with Crippen molar-refractivity contribution in [3.8, 4) is 0 Å². The first-order valence-electron chi connectivity index (χ1n) is 14.5. The van der Waals surface area contributed by atoms with Gasteiger partial charge in [0, 0.05) is 35.1 Å². The fraction of sp³-hybridized carbons (Fsp3) is 0.677. The molecule has 3 saturated carbocycles. The molecule has 4 aliphatic carbocycles. The van der Waals surface area contributed by atoms with Crippen LogP contribution in [0.3, 0.4) is 0 Å². The summed E-state index contributed by atoms with van der Waals surface area (Å²) >= 11 is 6.96. The highest BCUT2D eigenvalue weighted by molar-refractivity contribution is 6.32. The van der Waals surface area contributed by atoms with Crippen molar-refractivity contribution < 1.29 is 14.3 Å². The summed E-state index contributed by atoms with van der Waals surface area (Å²) in [5.74, 6) is 3.48. The number of fused-ring (bicyclic) bond motifs is 6. The maximum absolute atomic E-state index is 14.2. The molecular formula is C31H40ClN3O3. The van der Waals surface area contributed by atoms with Gasteiger partial charge in [-0.2, -0.15) is 0 Å². The van der Waals surface area contributed by atoms with E-state index < -0.39 is 0 Å². The molecule has 6 nitrogen and oxygen atoms in total. The topological polar surface area (TPSA) is 84.9 Å². The van der Waals surface area contributed by atoms with Gasteiger partial charge >= 0.3 is 5.97 Å². The third-order valence-corrected chi connectivity index (χ3v) is 11.9. The minimum Gasteiger partial charge on any atom is -0.469 e. The molecule has 0 aliphatic heterocycles. The van der Waals surface area contributed by atoms with Crippen molar-refractivity contribution >= 4 is 40.1 Å². The summed E-state index contributed by atoms with van der Waals surface area (Å²) in [5.41, 5.74) is 2.55. The maximum atomic E-state index is 14.2. The van der Waals surface area contributed by atoms with E-state index in [-0.39, 0.29) is 16.8 Å². The molecule has 38 heavy (non-hydrogen) atoms. The number of ketones is 1. The van der Waals surface area contributed by atoms with Gasteiger partial charge in [0.25, 0.3) is 0 Å². The number of hydrogen-bond donors (Lipinski definition) is 1. The summed E-state index contributed by atoms with van der Waals surface area (Å²) in [6.07, 6.45) is 9.94. The lowest BCUT2D eigenvalue weighted by Gasteiger charge is -2.60. The van der Waals surface area contributed by atoms with E-state index in [9.17, 15) is 9.59 Å². The van der Waals surface area contributed by atoms with Crippen molar-refractivity contribution in [2.75, 3.05) is 7.11 Å². The summed E-state index contributed by atoms with van der Waals surface area (Å²) in [5, 5.41) is 0.914. The Bertz CT molecular complexity index is 1270. The molecule has 7 heteroatoms. The zero-order valence-electron chi connectivity index (χ0n) is 23.1. The highest BCUT2D eigenvalue weighted by atomic mass is 35.5. The number of hydrogen-bond acceptors (Lipinski definition) is 5. The molecule has 4 aliphatic rings. The number of esters is 1. The quantitative estimate of drug-likeness (QED) is 0.417. The van der Waals surface area contributed by atoms with Gasteiger partial charge in [0.05, 0.1) is 12.6 Å². The van der Waals surface area contributed by atoms with E-state index in [1.807, 2.05) is 12.1 Å². The average molecular weight is 538 g/mol. The molecular weight excluding hydrogens is 498 g/mol. The lowest BCUT2D eigenvalue weighted by atomic mass is 9.44. The van der Waals surface area contributed by atoms with Crippen LogP contribution in [-0.2, 0) is 14.3 Å². The molecule has 3 fully saturated rings. The second kappa shape index (κ2) is 9.46. The summed E-state index contributed by atoms with van der Waals surface area (Å²) < 4.78 is 4.88. The van der Waals surface area contributed by atoms with Crippen molar-refractivity contribution in [2.24, 2.45) is 46.3 Å². The Morgan fingerprint density at radius 2 is 2.05 bits per heavy atom. The van der Waals surface area contributed by atoms with Crippen LogP contribution in [0.15, 0.2) is 23.4 Å². The molecule has 0 spiro atoms. The van der Waals surface area contributed by atoms with Crippen molar-refractivity contribution in [3.05, 3.63) is 29.2 Å². The minimum absolute atomic E-state index is 0.0224. The maximum Gasteiger partial charge on any atom is 0.305 e. The van der Waals surface area contributed by atoms with Gasteiger partial charge in [-0.05, 0) is 98.0 Å². The van der Waals surface area contributed by atoms with Crippen LogP contribution in [-0.4, -0.2) is 33.8 Å². The van der Waals surface area contributed by atoms with Crippen molar-refractivity contribution in [1.29, 1.82) is 0 Å². The normalized spacial score (nSPS) is 37.5. The Balaban J connectivity index is 1.29. The predicted octanol–water partition coefficient (Wildman–Crippen LogP) is 6.94. The van der Waals surface area contributed by atoms with Crippen molar-refractivity contribution in [1.82, 2.24) is 15.0 Å². The van der Waals surface area contributed by atoms with Crippen LogP contribution in [0.25, 0.3) is 16.7 Å². The second-order valence-corrected chi connectivity index (χ2v) is 13.4. The van der Waals surface area contributed by atoms with Crippen LogP contribution in [0.4, 0.5) is 0 Å². The highest BCUT2D eigenvalue weighted by Gasteiger charge is 2.64. The molecule has 6 rings (SSSR count). The molecule has 2 aromatic heterocycles. The van der Waals surface area contributed by atoms with E-state index in [1.54, 1.807) is 6.20 Å². The number of imidazole rings is 1. The molecule has 0 amide bonds. The first-order valence-corrected chi connectivity index (χ1v) is 14.9. The van der Waals surface area contributed by atoms with Gasteiger partial charge in [-0.1, -0.05) is 32.4 Å². The smallest absolute Gasteiger partial charge is 0.305 e. The Hall–Kier alpha value is -2.21. The van der Waals surface area contributed by atoms with Crippen LogP contribution in [0.5, 0.6) is 0 Å². The molecule has 0 radical (unpaired) electrons. The summed E-state index contributed by atoms with van der Waals surface area (Å²) in [4.78, 5) is 38.7. The molecule has 1 N–H and O–H groups in total. The number of rotatable bonds is 5. The number of Topliss-reactive ketones (excluding diaryl/α,β-unsaturated/α-hetero) is 1. The molecule has 0 bridgehead atoms. The third-order valence-electron chi connectivity index (χ3n) is 11.6. The largest absolute Gasteiger partial charge is 0.469 e. The number of methoxy groups -OCH3 is 1. The van der Waals surface area contributed by atoms with Gasteiger partial charge < -0.3 is 9.72 Å². The lowest BCUT2D eigenvalue weighted by molar-refractivity contribution is -0.153. The number of carbonyl (C=O) groups is 2. The molecule has 0 aromatic carbocycles. The molecule has 8 atom stereocenters. The van der Waals surface area contributed by atoms with E-state index in [2.05, 4.69) is 30.7 Å². The Labute approximate surface area is 230 Å². The first kappa shape index (κ1) is 26.0. The molecule has 2 heterocycles. The minimum atomic E-state index is -0.282. The SMILES string of the molecule is COC(=O)CC[C@H](C)[C@H]1CC[C@H]2[C@@H]3CC[C@@H]4C(c5nc6ncccc6[nH]5)=C(Cl)CC[C@]4(C)[C@H]3CC(=O)[C@]12C. The zero-order valence-corrected chi connectivity index (χ0v) is 23.8. The van der Waals surface area contributed by atoms with Crippen LogP contribution in [0.2, 0.25) is 0 Å². The number of ether oxygens (including phenoxy) is 1. The van der Waals surface area contributed by atoms with Crippen LogP contribution >= 0.6 is 11.6 Å². The average Bonchev–Trinajstić information content (AvgIpc) is 3.50. The van der Waals surface area contributed by atoms with E-state index >= 15 is 0 Å². The van der Waals surface area contributed by atoms with Crippen LogP contribution in [0, 0.1) is 46.3 Å². The summed E-state index contributed by atoms with van der Waals surface area (Å²) in [6.45, 7) is 6.93. The second-order valence-electron chi connectivity index (χ2n) is 13.0. The molecule has 0 unspecified atom stereocenters. The van der Waals surface area contributed by atoms with Crippen molar-refractivity contribution in [2.45, 2.75) is 78.6 Å². The standard InChI is InChI=1S/C31H40ClN3O3/c1-17(7-12-26(37)38-4)19-10-11-20-18-8-9-21-27(29-34-24-6-5-15-33-28(24)35-29)23(32)13-14-30(21,2)22(18)16-25(36)31(19,20)3/h5-6,15,17-22H,7-14,16H2,1-4H3,(H,33,34,35)/t17-,18-,19+,20-,21+,22-,30-,31+/m0/s1. The Kier molecular flexibility index (Phi) is 6.48. The lowest BCUT2D eigenvalue weighted by Crippen LogP contribution is -2.56. The molecule has 2 aromatic rings. The highest BCUT2D eigenvalue weighted by Crippen LogP contribution is 2.68. The number of nitrogens with zero attached hydrogens (tertiary/aromatic N) is 2. The number of halogens is 1. The number of nitrogens with one attached hydrogen (secondary N) is 1. The third kappa shape index (κ3) is 3.80. The number of carbonyl (C=O) groups excluding carboxylic acids is 2. The number of aromatic nitrogens is 3. The van der Waals surface area contributed by atoms with E-state index in [0.29, 0.717) is 54.1 Å². The van der Waals surface area contributed by atoms with Gasteiger partial charge in [-0.25, -0.2) is 9.97 Å². The van der Waals surface area contributed by atoms with Gasteiger partial charge in [-0.3, -0.25) is 9.59 Å². The number of pyridine rings is 1. The fourth-order valence-corrected chi connectivity index (χ4v) is 9.87. The first-order chi connectivity index (χ1) is 18.2. The zero-order chi connectivity index (χ0) is 26.8. The van der Waals surface area contributed by atoms with Gasteiger partial charge in [-0.15, -0.1) is 0 Å². The summed E-state index contributed by atoms with van der Waals surface area (Å²) in [6, 6.07) is 3.93. The van der Waals surface area contributed by atoms with Crippen LogP contribution < -0.4 is 0 Å². The molecule has 204 valence electrons. The number of aromatic amines is 1. The Morgan fingerprint density at radius 3 is 2.82 bits per heavy atom. The van der Waals surface area contributed by atoms with Crippen LogP contribution in [0.1, 0.15) is 84.4 Å². The fourth-order valence-electron chi connectivity index (χ4n) is 9.56. The van der Waals surface area contributed by atoms with E-state index in [4.69, 9.17) is 21.3 Å². The number of allylic oxidation sites excluding steroid dienone is 2.